The van der Waals surface area contributed by atoms with Crippen LogP contribution in [-0.4, -0.2) is 29.2 Å². The predicted octanol–water partition coefficient (Wildman–Crippen LogP) is -0.125. The molecule has 2 rings (SSSR count). The molecular weight excluding hydrogens is 232 g/mol. The highest BCUT2D eigenvalue weighted by Gasteiger charge is 2.26. The second-order valence-electron chi connectivity index (χ2n) is 4.70. The predicted molar refractivity (Wildman–Crippen MR) is 67.1 cm³/mol. The summed E-state index contributed by atoms with van der Waals surface area (Å²) in [5, 5.41) is 8.78. The van der Waals surface area contributed by atoms with Gasteiger partial charge in [-0.2, -0.15) is 5.10 Å². The number of aromatic amines is 1. The highest BCUT2D eigenvalue weighted by atomic mass is 16.2. The normalized spacial score (nSPS) is 22.9. The lowest BCUT2D eigenvalue weighted by atomic mass is 9.96. The van der Waals surface area contributed by atoms with Gasteiger partial charge in [-0.25, -0.2) is 5.10 Å². The van der Waals surface area contributed by atoms with E-state index in [0.717, 1.165) is 12.8 Å². The van der Waals surface area contributed by atoms with Crippen LogP contribution in [-0.2, 0) is 0 Å². The first-order valence-corrected chi connectivity index (χ1v) is 6.24. The summed E-state index contributed by atoms with van der Waals surface area (Å²) in [6.07, 6.45) is 3.44. The highest BCUT2D eigenvalue weighted by Crippen LogP contribution is 2.30. The highest BCUT2D eigenvalue weighted by molar-refractivity contribution is 5.91. The topological polar surface area (TPSA) is 101 Å². The summed E-state index contributed by atoms with van der Waals surface area (Å²) in [5.74, 6) is 0.712. The number of amides is 1. The zero-order valence-corrected chi connectivity index (χ0v) is 10.2. The molecule has 18 heavy (non-hydrogen) atoms. The molecule has 1 aliphatic carbocycles. The van der Waals surface area contributed by atoms with Crippen molar-refractivity contribution in [3.63, 3.8) is 0 Å². The lowest BCUT2D eigenvalue weighted by Gasteiger charge is -2.17. The van der Waals surface area contributed by atoms with E-state index in [1.165, 1.54) is 18.6 Å². The van der Waals surface area contributed by atoms with Crippen molar-refractivity contribution < 1.29 is 4.79 Å². The summed E-state index contributed by atoms with van der Waals surface area (Å²) in [6, 6.07) is 2.71. The Kier molecular flexibility index (Phi) is 4.09. The van der Waals surface area contributed by atoms with E-state index in [4.69, 9.17) is 5.73 Å². The van der Waals surface area contributed by atoms with Crippen molar-refractivity contribution in [2.24, 2.45) is 17.6 Å². The molecule has 1 aliphatic rings. The summed E-state index contributed by atoms with van der Waals surface area (Å²) in [6.45, 7) is 1.30. The largest absolute Gasteiger partial charge is 0.350 e. The molecule has 1 fully saturated rings. The molecule has 1 aromatic rings. The molecule has 2 atom stereocenters. The summed E-state index contributed by atoms with van der Waals surface area (Å²) >= 11 is 0. The third-order valence-corrected chi connectivity index (χ3v) is 3.56. The number of carbonyl (C=O) groups excluding carboxylic acids is 1. The minimum Gasteiger partial charge on any atom is -0.350 e. The Morgan fingerprint density at radius 2 is 2.22 bits per heavy atom. The summed E-state index contributed by atoms with van der Waals surface area (Å²) in [7, 11) is 0. The molecule has 0 aromatic carbocycles. The maximum absolute atomic E-state index is 11.8. The number of nitrogens with one attached hydrogen (secondary N) is 2. The zero-order valence-electron chi connectivity index (χ0n) is 10.2. The van der Waals surface area contributed by atoms with Crippen molar-refractivity contribution >= 4 is 5.91 Å². The Labute approximate surface area is 105 Å². The first-order chi connectivity index (χ1) is 8.70. The second-order valence-corrected chi connectivity index (χ2v) is 4.70. The molecule has 1 saturated carbocycles. The van der Waals surface area contributed by atoms with Crippen molar-refractivity contribution in [1.82, 2.24) is 15.5 Å². The molecule has 1 amide bonds. The zero-order chi connectivity index (χ0) is 13.0. The van der Waals surface area contributed by atoms with Gasteiger partial charge in [0.2, 0.25) is 0 Å². The quantitative estimate of drug-likeness (QED) is 0.693. The SMILES string of the molecule is NCC1CCCC1CNC(=O)c1ccc(=O)[nH]n1. The van der Waals surface area contributed by atoms with Crippen LogP contribution in [0.4, 0.5) is 0 Å². The van der Waals surface area contributed by atoms with Gasteiger partial charge >= 0.3 is 0 Å². The van der Waals surface area contributed by atoms with Gasteiger partial charge in [-0.15, -0.1) is 0 Å². The summed E-state index contributed by atoms with van der Waals surface area (Å²) in [4.78, 5) is 22.6. The molecule has 2 unspecified atom stereocenters. The third-order valence-electron chi connectivity index (χ3n) is 3.56. The average Bonchev–Trinajstić information content (AvgIpc) is 2.84. The molecule has 4 N–H and O–H groups in total. The van der Waals surface area contributed by atoms with Gasteiger partial charge in [0.15, 0.2) is 0 Å². The van der Waals surface area contributed by atoms with Gasteiger partial charge in [0.1, 0.15) is 5.69 Å². The van der Waals surface area contributed by atoms with Gasteiger partial charge in [-0.3, -0.25) is 9.59 Å². The maximum atomic E-state index is 11.8. The van der Waals surface area contributed by atoms with E-state index in [1.54, 1.807) is 0 Å². The smallest absolute Gasteiger partial charge is 0.271 e. The van der Waals surface area contributed by atoms with E-state index in [-0.39, 0.29) is 17.2 Å². The van der Waals surface area contributed by atoms with Crippen molar-refractivity contribution in [3.8, 4) is 0 Å². The molecule has 0 spiro atoms. The van der Waals surface area contributed by atoms with Crippen LogP contribution in [0.15, 0.2) is 16.9 Å². The minimum atomic E-state index is -0.314. The lowest BCUT2D eigenvalue weighted by molar-refractivity contribution is 0.0938. The maximum Gasteiger partial charge on any atom is 0.271 e. The van der Waals surface area contributed by atoms with Crippen LogP contribution in [0.1, 0.15) is 29.8 Å². The number of aromatic nitrogens is 2. The van der Waals surface area contributed by atoms with Crippen LogP contribution < -0.4 is 16.6 Å². The fourth-order valence-electron chi connectivity index (χ4n) is 2.48. The van der Waals surface area contributed by atoms with Crippen molar-refractivity contribution in [2.75, 3.05) is 13.1 Å². The van der Waals surface area contributed by atoms with E-state index in [0.29, 0.717) is 24.9 Å². The number of hydrogen-bond acceptors (Lipinski definition) is 4. The van der Waals surface area contributed by atoms with Gasteiger partial charge in [-0.1, -0.05) is 6.42 Å². The summed E-state index contributed by atoms with van der Waals surface area (Å²) < 4.78 is 0. The van der Waals surface area contributed by atoms with E-state index < -0.39 is 0 Å². The van der Waals surface area contributed by atoms with E-state index in [9.17, 15) is 9.59 Å². The third kappa shape index (κ3) is 2.95. The van der Waals surface area contributed by atoms with Crippen LogP contribution in [0.3, 0.4) is 0 Å². The van der Waals surface area contributed by atoms with Crippen LogP contribution in [0, 0.1) is 11.8 Å². The number of hydrogen-bond donors (Lipinski definition) is 3. The van der Waals surface area contributed by atoms with Gasteiger partial charge in [0.05, 0.1) is 0 Å². The van der Waals surface area contributed by atoms with Gasteiger partial charge < -0.3 is 11.1 Å². The van der Waals surface area contributed by atoms with Crippen LogP contribution in [0.5, 0.6) is 0 Å². The fraction of sp³-hybridized carbons (Fsp3) is 0.583. The second kappa shape index (κ2) is 5.77. The van der Waals surface area contributed by atoms with E-state index in [1.807, 2.05) is 0 Å². The molecule has 6 nitrogen and oxygen atoms in total. The van der Waals surface area contributed by atoms with E-state index >= 15 is 0 Å². The molecule has 0 radical (unpaired) electrons. The Bertz CT molecular complexity index is 451. The van der Waals surface area contributed by atoms with E-state index in [2.05, 4.69) is 15.5 Å². The molecule has 98 valence electrons. The first kappa shape index (κ1) is 12.8. The molecule has 0 aliphatic heterocycles. The fourth-order valence-corrected chi connectivity index (χ4v) is 2.48. The molecule has 0 saturated heterocycles. The molecular formula is C12H18N4O2. The number of carbonyl (C=O) groups is 1. The van der Waals surface area contributed by atoms with Crippen LogP contribution in [0.2, 0.25) is 0 Å². The number of H-pyrrole nitrogens is 1. The summed E-state index contributed by atoms with van der Waals surface area (Å²) in [5.41, 5.74) is 5.61. The average molecular weight is 250 g/mol. The Hall–Kier alpha value is -1.69. The first-order valence-electron chi connectivity index (χ1n) is 6.24. The lowest BCUT2D eigenvalue weighted by Crippen LogP contribution is -2.33. The molecule has 0 bridgehead atoms. The number of nitrogens with zero attached hydrogens (tertiary/aromatic N) is 1. The molecule has 6 heteroatoms. The monoisotopic (exact) mass is 250 g/mol. The Morgan fingerprint density at radius 3 is 2.89 bits per heavy atom. The van der Waals surface area contributed by atoms with Crippen molar-refractivity contribution in [3.05, 3.63) is 28.2 Å². The van der Waals surface area contributed by atoms with Gasteiger partial charge in [-0.05, 0) is 37.3 Å². The number of rotatable bonds is 4. The van der Waals surface area contributed by atoms with Crippen LogP contribution >= 0.6 is 0 Å². The molecule has 1 aromatic heterocycles. The Morgan fingerprint density at radius 1 is 1.44 bits per heavy atom. The van der Waals surface area contributed by atoms with Crippen molar-refractivity contribution in [2.45, 2.75) is 19.3 Å². The standard InChI is InChI=1S/C12H18N4O2/c13-6-8-2-1-3-9(8)7-14-12(18)10-4-5-11(17)16-15-10/h4-5,8-9H,1-3,6-7,13H2,(H,14,18)(H,16,17). The minimum absolute atomic E-state index is 0.233. The Balaban J connectivity index is 1.88. The van der Waals surface area contributed by atoms with Crippen molar-refractivity contribution in [1.29, 1.82) is 0 Å². The number of nitrogens with two attached hydrogens (primary N) is 1. The van der Waals surface area contributed by atoms with Gasteiger partial charge in [0, 0.05) is 12.6 Å². The van der Waals surface area contributed by atoms with Gasteiger partial charge in [0.25, 0.3) is 11.5 Å². The van der Waals surface area contributed by atoms with Crippen LogP contribution in [0.25, 0.3) is 0 Å². The molecule has 1 heterocycles.